The summed E-state index contributed by atoms with van der Waals surface area (Å²) in [6.45, 7) is 5.21. The highest BCUT2D eigenvalue weighted by Gasteiger charge is 2.28. The van der Waals surface area contributed by atoms with Gasteiger partial charge >= 0.3 is 0 Å². The van der Waals surface area contributed by atoms with Gasteiger partial charge in [0.05, 0.1) is 0 Å². The Kier molecular flexibility index (Phi) is 7.40. The van der Waals surface area contributed by atoms with E-state index in [0.717, 1.165) is 24.7 Å². The number of rotatable bonds is 5. The lowest BCUT2D eigenvalue weighted by molar-refractivity contribution is -0.131. The third-order valence-electron chi connectivity index (χ3n) is 4.17. The van der Waals surface area contributed by atoms with Crippen molar-refractivity contribution in [1.82, 2.24) is 15.1 Å². The van der Waals surface area contributed by atoms with E-state index in [0.29, 0.717) is 19.6 Å². The molecule has 0 unspecified atom stereocenters. The van der Waals surface area contributed by atoms with E-state index >= 15 is 0 Å². The Balaban J connectivity index is 0.00000126. The van der Waals surface area contributed by atoms with Crippen molar-refractivity contribution in [2.45, 2.75) is 39.3 Å². The van der Waals surface area contributed by atoms with Crippen molar-refractivity contribution < 1.29 is 19.1 Å². The van der Waals surface area contributed by atoms with Crippen molar-refractivity contribution in [2.75, 3.05) is 13.1 Å². The zero-order valence-electron chi connectivity index (χ0n) is 15.7. The van der Waals surface area contributed by atoms with Gasteiger partial charge in [-0.25, -0.2) is 4.39 Å². The minimum atomic E-state index is -0.342. The molecule has 146 valence electrons. The molecular formula is C20H26FN3O3. The lowest BCUT2D eigenvalue weighted by Gasteiger charge is -2.35. The fourth-order valence-electron chi connectivity index (χ4n) is 2.62. The summed E-state index contributed by atoms with van der Waals surface area (Å²) >= 11 is 0. The number of aliphatic hydroxyl groups excluding tert-OH is 1. The van der Waals surface area contributed by atoms with E-state index in [1.165, 1.54) is 24.4 Å². The van der Waals surface area contributed by atoms with Gasteiger partial charge in [-0.15, -0.1) is 0 Å². The lowest BCUT2D eigenvalue weighted by Crippen LogP contribution is -2.46. The van der Waals surface area contributed by atoms with Gasteiger partial charge in [-0.1, -0.05) is 26.0 Å². The van der Waals surface area contributed by atoms with Gasteiger partial charge in [-0.3, -0.25) is 9.59 Å². The van der Waals surface area contributed by atoms with Gasteiger partial charge in [-0.2, -0.15) is 0 Å². The molecule has 6 nitrogen and oxygen atoms in total. The molecule has 1 aromatic carbocycles. The largest absolute Gasteiger partial charge is 0.513 e. The van der Waals surface area contributed by atoms with Gasteiger partial charge in [0.1, 0.15) is 17.8 Å². The van der Waals surface area contributed by atoms with Crippen LogP contribution in [0.1, 0.15) is 32.3 Å². The molecule has 2 N–H and O–H groups in total. The van der Waals surface area contributed by atoms with Crippen molar-refractivity contribution >= 4 is 11.8 Å². The number of piperazine rings is 1. The highest BCUT2D eigenvalue weighted by Crippen LogP contribution is 2.19. The second kappa shape index (κ2) is 9.75. The van der Waals surface area contributed by atoms with Crippen LogP contribution in [-0.4, -0.2) is 45.9 Å². The molecule has 0 radical (unpaired) electrons. The summed E-state index contributed by atoms with van der Waals surface area (Å²) in [6, 6.07) is 6.21. The molecule has 27 heavy (non-hydrogen) atoms. The monoisotopic (exact) mass is 375 g/mol. The molecule has 3 rings (SSSR count). The molecule has 1 aromatic rings. The van der Waals surface area contributed by atoms with Crippen LogP contribution in [0, 0.1) is 5.82 Å². The zero-order valence-corrected chi connectivity index (χ0v) is 15.7. The number of halogens is 1. The van der Waals surface area contributed by atoms with Crippen LogP contribution in [-0.2, 0) is 16.1 Å². The van der Waals surface area contributed by atoms with Gasteiger partial charge < -0.3 is 20.2 Å². The summed E-state index contributed by atoms with van der Waals surface area (Å²) in [5, 5.41) is 12.3. The first-order chi connectivity index (χ1) is 13.1. The highest BCUT2D eigenvalue weighted by molar-refractivity contribution is 5.94. The Morgan fingerprint density at radius 1 is 1.26 bits per heavy atom. The molecule has 0 bridgehead atoms. The first kappa shape index (κ1) is 20.5. The zero-order chi connectivity index (χ0) is 19.8. The molecular weight excluding hydrogens is 349 g/mol. The van der Waals surface area contributed by atoms with Crippen molar-refractivity contribution in [3.63, 3.8) is 0 Å². The van der Waals surface area contributed by atoms with Crippen molar-refractivity contribution in [3.05, 3.63) is 59.9 Å². The molecule has 2 fully saturated rings. The van der Waals surface area contributed by atoms with E-state index in [9.17, 15) is 19.1 Å². The molecule has 0 spiro atoms. The lowest BCUT2D eigenvalue weighted by atomic mass is 10.1. The van der Waals surface area contributed by atoms with Crippen LogP contribution in [0.5, 0.6) is 0 Å². The number of hydrogen-bond donors (Lipinski definition) is 2. The Hall–Kier alpha value is -2.83. The van der Waals surface area contributed by atoms with E-state index in [4.69, 9.17) is 0 Å². The van der Waals surface area contributed by atoms with Gasteiger partial charge in [0.15, 0.2) is 0 Å². The normalized spacial score (nSPS) is 18.5. The van der Waals surface area contributed by atoms with E-state index in [2.05, 4.69) is 5.32 Å². The Morgan fingerprint density at radius 3 is 2.52 bits per heavy atom. The third-order valence-corrected chi connectivity index (χ3v) is 4.17. The second-order valence-corrected chi connectivity index (χ2v) is 6.16. The Bertz CT molecular complexity index is 712. The quantitative estimate of drug-likeness (QED) is 0.613. The van der Waals surface area contributed by atoms with Crippen LogP contribution < -0.4 is 5.32 Å². The van der Waals surface area contributed by atoms with Gasteiger partial charge in [0, 0.05) is 38.0 Å². The number of benzene rings is 1. The molecule has 1 aliphatic carbocycles. The number of carbonyl (C=O) groups is 2. The maximum absolute atomic E-state index is 13.0. The van der Waals surface area contributed by atoms with Crippen LogP contribution in [0.4, 0.5) is 4.39 Å². The predicted molar refractivity (Wildman–Crippen MR) is 101 cm³/mol. The smallest absolute Gasteiger partial charge is 0.274 e. The van der Waals surface area contributed by atoms with E-state index in [1.54, 1.807) is 21.9 Å². The predicted octanol–water partition coefficient (Wildman–Crippen LogP) is 2.69. The minimum absolute atomic E-state index is 0.101. The molecule has 2 amide bonds. The minimum Gasteiger partial charge on any atom is -0.513 e. The summed E-state index contributed by atoms with van der Waals surface area (Å²) in [5.41, 5.74) is 0.906. The SMILES string of the molecule is CC.O=C(/C=C/N1CCN(Cc2ccc(F)cc2)C(=O)/C1=C\O)NC1CC1. The van der Waals surface area contributed by atoms with E-state index in [-0.39, 0.29) is 29.4 Å². The number of nitrogens with zero attached hydrogens (tertiary/aromatic N) is 2. The topological polar surface area (TPSA) is 72.9 Å². The average molecular weight is 375 g/mol. The first-order valence-electron chi connectivity index (χ1n) is 9.20. The fraction of sp³-hybridized carbons (Fsp3) is 0.400. The molecule has 1 saturated heterocycles. The fourth-order valence-corrected chi connectivity index (χ4v) is 2.62. The molecule has 1 saturated carbocycles. The third kappa shape index (κ3) is 5.84. The number of nitrogens with one attached hydrogen (secondary N) is 1. The summed E-state index contributed by atoms with van der Waals surface area (Å²) in [7, 11) is 0. The van der Waals surface area contributed by atoms with Crippen LogP contribution in [0.25, 0.3) is 0 Å². The molecule has 2 aliphatic rings. The Labute approximate surface area is 159 Å². The van der Waals surface area contributed by atoms with Gasteiger partial charge in [0.25, 0.3) is 5.91 Å². The van der Waals surface area contributed by atoms with Crippen LogP contribution in [0.15, 0.2) is 48.5 Å². The number of aliphatic hydroxyl groups is 1. The molecule has 1 aliphatic heterocycles. The number of carbonyl (C=O) groups excluding carboxylic acids is 2. The highest BCUT2D eigenvalue weighted by atomic mass is 19.1. The molecule has 7 heteroatoms. The van der Waals surface area contributed by atoms with Crippen molar-refractivity contribution in [3.8, 4) is 0 Å². The van der Waals surface area contributed by atoms with Crippen LogP contribution in [0.2, 0.25) is 0 Å². The summed E-state index contributed by atoms with van der Waals surface area (Å²) in [4.78, 5) is 27.4. The first-order valence-corrected chi connectivity index (χ1v) is 9.20. The van der Waals surface area contributed by atoms with Crippen molar-refractivity contribution in [2.24, 2.45) is 0 Å². The molecule has 1 heterocycles. The van der Waals surface area contributed by atoms with Crippen molar-refractivity contribution in [1.29, 1.82) is 0 Å². The van der Waals surface area contributed by atoms with Crippen LogP contribution in [0.3, 0.4) is 0 Å². The van der Waals surface area contributed by atoms with Gasteiger partial charge in [0.2, 0.25) is 5.91 Å². The summed E-state index contributed by atoms with van der Waals surface area (Å²) in [5.74, 6) is -0.878. The maximum Gasteiger partial charge on any atom is 0.274 e. The van der Waals surface area contributed by atoms with Gasteiger partial charge in [-0.05, 0) is 30.5 Å². The summed E-state index contributed by atoms with van der Waals surface area (Å²) in [6.07, 6.45) is 5.63. The number of amides is 2. The summed E-state index contributed by atoms with van der Waals surface area (Å²) < 4.78 is 13.0. The standard InChI is InChI=1S/C18H20FN3O3.C2H6/c19-14-3-1-13(2-4-14)11-22-10-9-21(16(12-23)18(22)25)8-7-17(24)20-15-5-6-15;1-2/h1-4,7-8,12,15,23H,5-6,9-11H2,(H,20,24);1-2H3/b8-7+,16-12+;. The van der Waals surface area contributed by atoms with E-state index in [1.807, 2.05) is 13.8 Å². The molecule has 0 aromatic heterocycles. The Morgan fingerprint density at radius 2 is 1.93 bits per heavy atom. The maximum atomic E-state index is 13.0. The second-order valence-electron chi connectivity index (χ2n) is 6.16. The number of hydrogen-bond acceptors (Lipinski definition) is 4. The van der Waals surface area contributed by atoms with E-state index < -0.39 is 0 Å². The molecule has 0 atom stereocenters. The van der Waals surface area contributed by atoms with Crippen LogP contribution >= 0.6 is 0 Å². The average Bonchev–Trinajstić information content (AvgIpc) is 3.49.